The van der Waals surface area contributed by atoms with Gasteiger partial charge in [0.1, 0.15) is 11.9 Å². The number of nitrogens with zero attached hydrogens (tertiary/aromatic N) is 1. The topological polar surface area (TPSA) is 84.6 Å². The lowest BCUT2D eigenvalue weighted by Gasteiger charge is -2.20. The van der Waals surface area contributed by atoms with Crippen molar-refractivity contribution in [2.24, 2.45) is 0 Å². The number of fused-ring (bicyclic) bond motifs is 1. The fraction of sp³-hybridized carbons (Fsp3) is 0.474. The molecule has 0 bridgehead atoms. The van der Waals surface area contributed by atoms with Crippen molar-refractivity contribution < 1.29 is 19.1 Å². The number of aryl methyl sites for hydroxylation is 1. The lowest BCUT2D eigenvalue weighted by molar-refractivity contribution is 0.0860. The van der Waals surface area contributed by atoms with Crippen LogP contribution in [0.3, 0.4) is 0 Å². The zero-order valence-corrected chi connectivity index (χ0v) is 14.1. The number of amides is 1. The second kappa shape index (κ2) is 6.88. The van der Waals surface area contributed by atoms with E-state index in [1.165, 1.54) is 23.9 Å². The van der Waals surface area contributed by atoms with Crippen molar-refractivity contribution in [1.29, 1.82) is 0 Å². The zero-order chi connectivity index (χ0) is 17.2. The van der Waals surface area contributed by atoms with E-state index < -0.39 is 0 Å². The van der Waals surface area contributed by atoms with Gasteiger partial charge in [-0.3, -0.25) is 4.79 Å². The van der Waals surface area contributed by atoms with Crippen LogP contribution in [0.15, 0.2) is 22.9 Å². The number of aromatic hydroxyl groups is 1. The van der Waals surface area contributed by atoms with Crippen LogP contribution in [0.1, 0.15) is 64.7 Å². The summed E-state index contributed by atoms with van der Waals surface area (Å²) in [4.78, 5) is 16.6. The molecule has 1 aliphatic carbocycles. The highest BCUT2D eigenvalue weighted by Gasteiger charge is 2.28. The maximum absolute atomic E-state index is 12.6. The van der Waals surface area contributed by atoms with E-state index in [2.05, 4.69) is 10.3 Å². The number of hydrogen-bond acceptors (Lipinski definition) is 5. The summed E-state index contributed by atoms with van der Waals surface area (Å²) >= 11 is 0. The van der Waals surface area contributed by atoms with Crippen LogP contribution < -0.4 is 5.32 Å². The molecule has 6 heteroatoms. The normalized spacial score (nSPS) is 19.6. The van der Waals surface area contributed by atoms with Gasteiger partial charge in [-0.2, -0.15) is 0 Å². The molecule has 0 saturated carbocycles. The van der Waals surface area contributed by atoms with Crippen LogP contribution in [0.4, 0.5) is 0 Å². The van der Waals surface area contributed by atoms with Crippen molar-refractivity contribution in [2.75, 3.05) is 6.61 Å². The van der Waals surface area contributed by atoms with Crippen LogP contribution in [0.25, 0.3) is 0 Å². The summed E-state index contributed by atoms with van der Waals surface area (Å²) in [5, 5.41) is 13.1. The molecule has 1 aromatic carbocycles. The third-order valence-electron chi connectivity index (χ3n) is 5.08. The molecular weight excluding hydrogens is 320 g/mol. The molecule has 1 aromatic heterocycles. The van der Waals surface area contributed by atoms with Gasteiger partial charge in [0, 0.05) is 18.7 Å². The highest BCUT2D eigenvalue weighted by molar-refractivity contribution is 5.93. The highest BCUT2D eigenvalue weighted by atomic mass is 16.5. The first-order valence-electron chi connectivity index (χ1n) is 8.90. The number of carbonyl (C=O) groups excluding carboxylic acids is 1. The molecule has 0 radical (unpaired) electrons. The highest BCUT2D eigenvalue weighted by Crippen LogP contribution is 2.32. The van der Waals surface area contributed by atoms with Crippen LogP contribution in [0, 0.1) is 0 Å². The Balaban J connectivity index is 1.51. The maximum Gasteiger partial charge on any atom is 0.273 e. The van der Waals surface area contributed by atoms with Gasteiger partial charge in [0.15, 0.2) is 17.8 Å². The second-order valence-electron chi connectivity index (χ2n) is 6.66. The Kier molecular flexibility index (Phi) is 4.44. The predicted molar refractivity (Wildman–Crippen MR) is 90.3 cm³/mol. The van der Waals surface area contributed by atoms with Crippen LogP contribution >= 0.6 is 0 Å². The molecule has 4 rings (SSSR count). The minimum atomic E-state index is -0.299. The lowest BCUT2D eigenvalue weighted by atomic mass is 9.87. The summed E-state index contributed by atoms with van der Waals surface area (Å²) in [6.07, 6.45) is 7.15. The van der Waals surface area contributed by atoms with Crippen LogP contribution in [0.2, 0.25) is 0 Å². The van der Waals surface area contributed by atoms with E-state index in [0.29, 0.717) is 12.4 Å². The number of ether oxygens (including phenoxy) is 1. The van der Waals surface area contributed by atoms with Crippen molar-refractivity contribution in [2.45, 2.75) is 51.2 Å². The van der Waals surface area contributed by atoms with Gasteiger partial charge in [0.2, 0.25) is 0 Å². The Morgan fingerprint density at radius 3 is 3.00 bits per heavy atom. The fourth-order valence-corrected chi connectivity index (χ4v) is 3.78. The number of oxazole rings is 1. The summed E-state index contributed by atoms with van der Waals surface area (Å²) in [7, 11) is 0. The van der Waals surface area contributed by atoms with E-state index in [4.69, 9.17) is 9.15 Å². The Hall–Kier alpha value is -2.34. The number of hydrogen-bond donors (Lipinski definition) is 2. The molecule has 1 fully saturated rings. The average Bonchev–Trinajstić information content (AvgIpc) is 3.31. The standard InChI is InChI=1S/C19H22N2O4/c22-15-8-7-12-4-1-2-5-13(12)14(15)10-20-19(23)17-18(25-11-21-17)16-6-3-9-24-16/h7-8,11,16,22H,1-6,9-10H2,(H,20,23). The Morgan fingerprint density at radius 2 is 2.16 bits per heavy atom. The van der Waals surface area contributed by atoms with E-state index in [1.807, 2.05) is 6.07 Å². The van der Waals surface area contributed by atoms with E-state index in [9.17, 15) is 9.90 Å². The van der Waals surface area contributed by atoms with Gasteiger partial charge in [-0.05, 0) is 55.7 Å². The van der Waals surface area contributed by atoms with Gasteiger partial charge < -0.3 is 19.6 Å². The largest absolute Gasteiger partial charge is 0.508 e. The summed E-state index contributed by atoms with van der Waals surface area (Å²) in [5.41, 5.74) is 3.53. The molecule has 0 spiro atoms. The van der Waals surface area contributed by atoms with Gasteiger partial charge in [0.25, 0.3) is 5.91 Å². The van der Waals surface area contributed by atoms with Gasteiger partial charge in [0.05, 0.1) is 0 Å². The lowest BCUT2D eigenvalue weighted by Crippen LogP contribution is -2.25. The number of aromatic nitrogens is 1. The second-order valence-corrected chi connectivity index (χ2v) is 6.66. The van der Waals surface area contributed by atoms with Crippen LogP contribution in [-0.4, -0.2) is 22.6 Å². The SMILES string of the molecule is O=C(NCc1c(O)ccc2c1CCCC2)c1ncoc1C1CCCO1. The number of nitrogens with one attached hydrogen (secondary N) is 1. The van der Waals surface area contributed by atoms with Crippen LogP contribution in [0.5, 0.6) is 5.75 Å². The first-order valence-corrected chi connectivity index (χ1v) is 8.90. The van der Waals surface area contributed by atoms with Gasteiger partial charge in [-0.25, -0.2) is 4.98 Å². The fourth-order valence-electron chi connectivity index (χ4n) is 3.78. The molecule has 132 valence electrons. The molecule has 25 heavy (non-hydrogen) atoms. The summed E-state index contributed by atoms with van der Waals surface area (Å²) in [6, 6.07) is 3.71. The van der Waals surface area contributed by atoms with E-state index in [-0.39, 0.29) is 30.0 Å². The molecule has 1 unspecified atom stereocenters. The third kappa shape index (κ3) is 3.14. The summed E-state index contributed by atoms with van der Waals surface area (Å²) < 4.78 is 11.0. The average molecular weight is 342 g/mol. The first kappa shape index (κ1) is 16.1. The molecule has 1 saturated heterocycles. The zero-order valence-electron chi connectivity index (χ0n) is 14.1. The van der Waals surface area contributed by atoms with Gasteiger partial charge in [-0.1, -0.05) is 6.07 Å². The van der Waals surface area contributed by atoms with E-state index >= 15 is 0 Å². The minimum Gasteiger partial charge on any atom is -0.508 e. The van der Waals surface area contributed by atoms with Gasteiger partial charge in [-0.15, -0.1) is 0 Å². The van der Waals surface area contributed by atoms with E-state index in [1.54, 1.807) is 6.07 Å². The molecule has 1 atom stereocenters. The molecule has 2 aliphatic rings. The Morgan fingerprint density at radius 1 is 1.28 bits per heavy atom. The molecule has 1 aliphatic heterocycles. The van der Waals surface area contributed by atoms with Crippen molar-refractivity contribution in [1.82, 2.24) is 10.3 Å². The quantitative estimate of drug-likeness (QED) is 0.892. The predicted octanol–water partition coefficient (Wildman–Crippen LogP) is 3.04. The number of benzene rings is 1. The number of rotatable bonds is 4. The maximum atomic E-state index is 12.6. The third-order valence-corrected chi connectivity index (χ3v) is 5.08. The Labute approximate surface area is 146 Å². The number of phenolic OH excluding ortho intramolecular Hbond substituents is 1. The van der Waals surface area contributed by atoms with Crippen LogP contribution in [-0.2, 0) is 24.1 Å². The smallest absolute Gasteiger partial charge is 0.273 e. The molecule has 6 nitrogen and oxygen atoms in total. The van der Waals surface area contributed by atoms with E-state index in [0.717, 1.165) is 37.7 Å². The minimum absolute atomic E-state index is 0.193. The van der Waals surface area contributed by atoms with Crippen molar-refractivity contribution in [3.05, 3.63) is 46.7 Å². The Bertz CT molecular complexity index is 778. The summed E-state index contributed by atoms with van der Waals surface area (Å²) in [6.45, 7) is 0.960. The monoisotopic (exact) mass is 342 g/mol. The molecule has 2 aromatic rings. The van der Waals surface area contributed by atoms with Gasteiger partial charge >= 0.3 is 0 Å². The van der Waals surface area contributed by atoms with Crippen molar-refractivity contribution in [3.63, 3.8) is 0 Å². The van der Waals surface area contributed by atoms with Crippen molar-refractivity contribution >= 4 is 5.91 Å². The molecule has 2 N–H and O–H groups in total. The first-order chi connectivity index (χ1) is 12.2. The number of carbonyl (C=O) groups is 1. The summed E-state index contributed by atoms with van der Waals surface area (Å²) in [5.74, 6) is 0.432. The molecule has 1 amide bonds. The molecule has 2 heterocycles. The number of phenols is 1. The molecular formula is C19H22N2O4. The van der Waals surface area contributed by atoms with Crippen molar-refractivity contribution in [3.8, 4) is 5.75 Å².